The van der Waals surface area contributed by atoms with Gasteiger partial charge in [0.1, 0.15) is 5.82 Å². The van der Waals surface area contributed by atoms with E-state index in [2.05, 4.69) is 0 Å². The molecule has 1 saturated carbocycles. The number of benzene rings is 1. The van der Waals surface area contributed by atoms with Gasteiger partial charge in [-0.25, -0.2) is 4.39 Å². The Bertz CT molecular complexity index is 400. The smallest absolute Gasteiger partial charge is 0.124 e. The van der Waals surface area contributed by atoms with Crippen LogP contribution in [0.2, 0.25) is 5.02 Å². The van der Waals surface area contributed by atoms with E-state index < -0.39 is 0 Å². The first kappa shape index (κ1) is 14.8. The van der Waals surface area contributed by atoms with Crippen LogP contribution in [0.15, 0.2) is 18.2 Å². The van der Waals surface area contributed by atoms with Crippen LogP contribution in [0.5, 0.6) is 0 Å². The molecule has 1 aliphatic carbocycles. The largest absolute Gasteiger partial charge is 0.327 e. The second-order valence-corrected chi connectivity index (χ2v) is 6.12. The maximum Gasteiger partial charge on any atom is 0.124 e. The fourth-order valence-corrected chi connectivity index (χ4v) is 3.27. The highest BCUT2D eigenvalue weighted by molar-refractivity contribution is 6.31. The number of rotatable bonds is 3. The van der Waals surface area contributed by atoms with Crippen LogP contribution in [0.1, 0.15) is 50.5 Å². The number of hydrogen-bond acceptors (Lipinski definition) is 1. The zero-order chi connectivity index (χ0) is 13.7. The first-order chi connectivity index (χ1) is 9.16. The minimum atomic E-state index is -0.284. The molecule has 0 bridgehead atoms. The van der Waals surface area contributed by atoms with Gasteiger partial charge in [0, 0.05) is 11.1 Å². The van der Waals surface area contributed by atoms with Crippen LogP contribution in [-0.4, -0.2) is 6.04 Å². The van der Waals surface area contributed by atoms with Gasteiger partial charge in [-0.2, -0.15) is 0 Å². The fourth-order valence-electron chi connectivity index (χ4n) is 3.02. The maximum absolute atomic E-state index is 13.0. The second kappa shape index (κ2) is 7.25. The lowest BCUT2D eigenvalue weighted by atomic mass is 9.84. The van der Waals surface area contributed by atoms with Crippen LogP contribution >= 0.6 is 11.6 Å². The Labute approximate surface area is 120 Å². The van der Waals surface area contributed by atoms with Crippen LogP contribution in [0.4, 0.5) is 4.39 Å². The molecule has 0 saturated heterocycles. The summed E-state index contributed by atoms with van der Waals surface area (Å²) in [4.78, 5) is 0. The molecule has 2 rings (SSSR count). The van der Waals surface area contributed by atoms with E-state index in [1.54, 1.807) is 6.07 Å². The normalized spacial score (nSPS) is 19.7. The van der Waals surface area contributed by atoms with Crippen molar-refractivity contribution in [2.75, 3.05) is 0 Å². The van der Waals surface area contributed by atoms with Crippen molar-refractivity contribution < 1.29 is 4.39 Å². The predicted octanol–water partition coefficient (Wildman–Crippen LogP) is 4.71. The van der Waals surface area contributed by atoms with Crippen molar-refractivity contribution in [2.24, 2.45) is 11.7 Å². The summed E-state index contributed by atoms with van der Waals surface area (Å²) in [7, 11) is 0. The molecule has 0 radical (unpaired) electrons. The van der Waals surface area contributed by atoms with Crippen LogP contribution in [-0.2, 0) is 6.42 Å². The molecule has 0 amide bonds. The molecule has 106 valence electrons. The Morgan fingerprint density at radius 2 is 1.79 bits per heavy atom. The first-order valence-electron chi connectivity index (χ1n) is 7.36. The Morgan fingerprint density at radius 1 is 1.16 bits per heavy atom. The van der Waals surface area contributed by atoms with Gasteiger partial charge in [-0.1, -0.05) is 49.8 Å². The maximum atomic E-state index is 13.0. The standard InChI is InChI=1S/C16H23ClFN/c17-15-11-14(18)9-8-13(15)10-16(19)12-6-4-2-1-3-5-7-12/h8-9,11-12,16H,1-7,10,19H2. The van der Waals surface area contributed by atoms with Crippen molar-refractivity contribution >= 4 is 11.6 Å². The van der Waals surface area contributed by atoms with Gasteiger partial charge in [0.15, 0.2) is 0 Å². The topological polar surface area (TPSA) is 26.0 Å². The third-order valence-corrected chi connectivity index (χ3v) is 4.58. The van der Waals surface area contributed by atoms with Gasteiger partial charge in [0.05, 0.1) is 0 Å². The summed E-state index contributed by atoms with van der Waals surface area (Å²) in [6.45, 7) is 0. The molecule has 19 heavy (non-hydrogen) atoms. The highest BCUT2D eigenvalue weighted by Crippen LogP contribution is 2.27. The molecule has 0 aliphatic heterocycles. The zero-order valence-corrected chi connectivity index (χ0v) is 12.1. The summed E-state index contributed by atoms with van der Waals surface area (Å²) in [5, 5.41) is 0.501. The third kappa shape index (κ3) is 4.47. The highest BCUT2D eigenvalue weighted by Gasteiger charge is 2.20. The quantitative estimate of drug-likeness (QED) is 0.854. The molecule has 1 fully saturated rings. The van der Waals surface area contributed by atoms with Crippen LogP contribution in [0, 0.1) is 11.7 Å². The molecule has 1 aromatic rings. The van der Waals surface area contributed by atoms with Crippen molar-refractivity contribution in [1.29, 1.82) is 0 Å². The lowest BCUT2D eigenvalue weighted by Crippen LogP contribution is -2.33. The van der Waals surface area contributed by atoms with E-state index in [1.165, 1.54) is 57.1 Å². The first-order valence-corrected chi connectivity index (χ1v) is 7.74. The minimum absolute atomic E-state index is 0.140. The zero-order valence-electron chi connectivity index (χ0n) is 11.4. The van der Waals surface area contributed by atoms with E-state index in [1.807, 2.05) is 0 Å². The summed E-state index contributed by atoms with van der Waals surface area (Å²) in [5.41, 5.74) is 7.33. The van der Waals surface area contributed by atoms with Crippen molar-refractivity contribution in [1.82, 2.24) is 0 Å². The van der Waals surface area contributed by atoms with Crippen molar-refractivity contribution in [3.05, 3.63) is 34.6 Å². The predicted molar refractivity (Wildman–Crippen MR) is 78.9 cm³/mol. The highest BCUT2D eigenvalue weighted by atomic mass is 35.5. The minimum Gasteiger partial charge on any atom is -0.327 e. The molecule has 0 spiro atoms. The Kier molecular flexibility index (Phi) is 5.65. The average Bonchev–Trinajstić information content (AvgIpc) is 2.32. The SMILES string of the molecule is NC(Cc1ccc(F)cc1Cl)C1CCCCCCC1. The molecular formula is C16H23ClFN. The summed E-state index contributed by atoms with van der Waals surface area (Å²) >= 11 is 6.08. The molecule has 0 heterocycles. The molecule has 3 heteroatoms. The molecule has 1 unspecified atom stereocenters. The summed E-state index contributed by atoms with van der Waals surface area (Å²) in [6, 6.07) is 4.75. The summed E-state index contributed by atoms with van der Waals surface area (Å²) in [6.07, 6.45) is 9.81. The van der Waals surface area contributed by atoms with E-state index in [9.17, 15) is 4.39 Å². The summed E-state index contributed by atoms with van der Waals surface area (Å²) < 4.78 is 13.0. The third-order valence-electron chi connectivity index (χ3n) is 4.23. The van der Waals surface area contributed by atoms with Crippen molar-refractivity contribution in [3.63, 3.8) is 0 Å². The average molecular weight is 284 g/mol. The molecule has 1 aliphatic rings. The van der Waals surface area contributed by atoms with Gasteiger partial charge in [0.25, 0.3) is 0 Å². The Balaban J connectivity index is 1.96. The Morgan fingerprint density at radius 3 is 2.42 bits per heavy atom. The number of hydrogen-bond donors (Lipinski definition) is 1. The van der Waals surface area contributed by atoms with E-state index in [4.69, 9.17) is 17.3 Å². The molecule has 1 aromatic carbocycles. The molecule has 2 N–H and O–H groups in total. The van der Waals surface area contributed by atoms with E-state index in [0.717, 1.165) is 12.0 Å². The number of nitrogens with two attached hydrogens (primary N) is 1. The lowest BCUT2D eigenvalue weighted by Gasteiger charge is -2.26. The molecular weight excluding hydrogens is 261 g/mol. The lowest BCUT2D eigenvalue weighted by molar-refractivity contribution is 0.322. The van der Waals surface area contributed by atoms with Gasteiger partial charge >= 0.3 is 0 Å². The van der Waals surface area contributed by atoms with Crippen LogP contribution in [0.25, 0.3) is 0 Å². The fraction of sp³-hybridized carbons (Fsp3) is 0.625. The van der Waals surface area contributed by atoms with E-state index in [0.29, 0.717) is 10.9 Å². The van der Waals surface area contributed by atoms with Gasteiger partial charge in [-0.15, -0.1) is 0 Å². The van der Waals surface area contributed by atoms with E-state index >= 15 is 0 Å². The van der Waals surface area contributed by atoms with E-state index in [-0.39, 0.29) is 11.9 Å². The monoisotopic (exact) mass is 283 g/mol. The molecule has 1 nitrogen and oxygen atoms in total. The van der Waals surface area contributed by atoms with Gasteiger partial charge in [-0.05, 0) is 42.9 Å². The second-order valence-electron chi connectivity index (χ2n) is 5.71. The number of halogens is 2. The molecule has 0 aromatic heterocycles. The van der Waals surface area contributed by atoms with Gasteiger partial charge < -0.3 is 5.73 Å². The summed E-state index contributed by atoms with van der Waals surface area (Å²) in [5.74, 6) is 0.301. The van der Waals surface area contributed by atoms with Gasteiger partial charge in [-0.3, -0.25) is 0 Å². The van der Waals surface area contributed by atoms with Crippen molar-refractivity contribution in [3.8, 4) is 0 Å². The molecule has 1 atom stereocenters. The van der Waals surface area contributed by atoms with Crippen LogP contribution in [0.3, 0.4) is 0 Å². The van der Waals surface area contributed by atoms with Gasteiger partial charge in [0.2, 0.25) is 0 Å². The van der Waals surface area contributed by atoms with Crippen LogP contribution < -0.4 is 5.73 Å². The Hall–Kier alpha value is -0.600. The van der Waals surface area contributed by atoms with Crippen molar-refractivity contribution in [2.45, 2.75) is 57.4 Å².